The molecule has 40 heavy (non-hydrogen) atoms. The van der Waals surface area contributed by atoms with Crippen LogP contribution in [-0.2, 0) is 32.0 Å². The van der Waals surface area contributed by atoms with Gasteiger partial charge in [-0.1, -0.05) is 24.3 Å². The van der Waals surface area contributed by atoms with Crippen molar-refractivity contribution in [1.29, 1.82) is 0 Å². The van der Waals surface area contributed by atoms with Gasteiger partial charge >= 0.3 is 0 Å². The van der Waals surface area contributed by atoms with Gasteiger partial charge in [0.05, 0.1) is 39.5 Å². The van der Waals surface area contributed by atoms with Gasteiger partial charge in [-0.3, -0.25) is 9.98 Å². The summed E-state index contributed by atoms with van der Waals surface area (Å²) < 4.78 is 25.7. The molecule has 12 aliphatic rings. The first-order valence-corrected chi connectivity index (χ1v) is 16.5. The predicted octanol–water partition coefficient (Wildman–Crippen LogP) is 3.83. The third kappa shape index (κ3) is 1.86. The fraction of sp³-hybridized carbons (Fsp3) is 0.765. The van der Waals surface area contributed by atoms with Gasteiger partial charge in [-0.25, -0.2) is 0 Å². The standard InChI is InChI=1S/C34H36N2O4/c1-2-14(12-36-32-24-16-10-18-22-20(16)26(32)30(22)34(28(18)24)39-7-8-40-34)4-3-13(1)11-35-31-23-15-9-17-21-19(15)25(31)29(21)33(27(17)23)37-5-6-38-33/h1-4,15-30H,5-12H2. The summed E-state index contributed by atoms with van der Waals surface area (Å²) >= 11 is 0. The molecular formula is C34H36N2O4. The average Bonchev–Trinajstić information content (AvgIpc) is 3.77. The highest BCUT2D eigenvalue weighted by atomic mass is 16.7. The van der Waals surface area contributed by atoms with E-state index in [0.29, 0.717) is 47.3 Å². The molecule has 6 heteroatoms. The van der Waals surface area contributed by atoms with Crippen LogP contribution >= 0.6 is 0 Å². The molecule has 2 spiro atoms. The molecule has 0 aromatic heterocycles. The molecule has 4 bridgehead atoms. The van der Waals surface area contributed by atoms with E-state index in [1.807, 2.05) is 0 Å². The molecule has 1 aromatic rings. The Hall–Kier alpha value is -1.60. The maximum Gasteiger partial charge on any atom is 0.175 e. The zero-order chi connectivity index (χ0) is 25.3. The Morgan fingerprint density at radius 1 is 0.525 bits per heavy atom. The minimum Gasteiger partial charge on any atom is -0.347 e. The second-order valence-electron chi connectivity index (χ2n) is 15.8. The summed E-state index contributed by atoms with van der Waals surface area (Å²) in [6.45, 7) is 4.81. The first kappa shape index (κ1) is 21.1. The van der Waals surface area contributed by atoms with Crippen LogP contribution in [0.15, 0.2) is 34.3 Å². The second kappa shape index (κ2) is 6.34. The molecule has 206 valence electrons. The van der Waals surface area contributed by atoms with Crippen molar-refractivity contribution in [2.75, 3.05) is 26.4 Å². The largest absolute Gasteiger partial charge is 0.347 e. The number of benzene rings is 1. The van der Waals surface area contributed by atoms with Gasteiger partial charge < -0.3 is 18.9 Å². The van der Waals surface area contributed by atoms with Crippen molar-refractivity contribution < 1.29 is 18.9 Å². The number of ether oxygens (including phenoxy) is 4. The Balaban J connectivity index is 0.757. The van der Waals surface area contributed by atoms with Gasteiger partial charge in [0.15, 0.2) is 11.6 Å². The maximum atomic E-state index is 6.42. The van der Waals surface area contributed by atoms with Crippen molar-refractivity contribution in [1.82, 2.24) is 0 Å². The highest BCUT2D eigenvalue weighted by Crippen LogP contribution is 2.86. The van der Waals surface area contributed by atoms with E-state index in [2.05, 4.69) is 24.3 Å². The second-order valence-corrected chi connectivity index (χ2v) is 15.8. The average molecular weight is 537 g/mol. The first-order valence-electron chi connectivity index (χ1n) is 16.5. The van der Waals surface area contributed by atoms with Crippen LogP contribution in [0.3, 0.4) is 0 Å². The van der Waals surface area contributed by atoms with Crippen molar-refractivity contribution in [3.05, 3.63) is 35.4 Å². The molecule has 6 nitrogen and oxygen atoms in total. The fourth-order valence-electron chi connectivity index (χ4n) is 15.5. The summed E-state index contributed by atoms with van der Waals surface area (Å²) in [5.74, 6) is 11.4. The quantitative estimate of drug-likeness (QED) is 0.587. The first-order chi connectivity index (χ1) is 19.8. The third-order valence-corrected chi connectivity index (χ3v) is 15.6. The molecule has 2 aliphatic heterocycles. The van der Waals surface area contributed by atoms with Crippen molar-refractivity contribution in [2.24, 2.45) is 105 Å². The zero-order valence-electron chi connectivity index (χ0n) is 22.7. The lowest BCUT2D eigenvalue weighted by molar-refractivity contribution is -0.241. The van der Waals surface area contributed by atoms with Gasteiger partial charge in [0, 0.05) is 58.8 Å². The van der Waals surface area contributed by atoms with Gasteiger partial charge in [0.25, 0.3) is 0 Å². The molecule has 16 atom stereocenters. The zero-order valence-corrected chi connectivity index (χ0v) is 22.7. The molecule has 10 aliphatic carbocycles. The van der Waals surface area contributed by atoms with Crippen LogP contribution in [-0.4, -0.2) is 49.4 Å². The molecular weight excluding hydrogens is 500 g/mol. The van der Waals surface area contributed by atoms with Gasteiger partial charge in [-0.15, -0.1) is 0 Å². The van der Waals surface area contributed by atoms with Crippen LogP contribution in [0.25, 0.3) is 0 Å². The van der Waals surface area contributed by atoms with E-state index in [4.69, 9.17) is 28.9 Å². The summed E-state index contributed by atoms with van der Waals surface area (Å²) in [5.41, 5.74) is 5.78. The Bertz CT molecular complexity index is 1350. The summed E-state index contributed by atoms with van der Waals surface area (Å²) in [4.78, 5) is 10.7. The monoisotopic (exact) mass is 536 g/mol. The van der Waals surface area contributed by atoms with Crippen LogP contribution in [0.1, 0.15) is 24.0 Å². The Morgan fingerprint density at radius 2 is 0.950 bits per heavy atom. The predicted molar refractivity (Wildman–Crippen MR) is 143 cm³/mol. The summed E-state index contributed by atoms with van der Waals surface area (Å²) in [5, 5.41) is 0. The lowest BCUT2D eigenvalue weighted by Gasteiger charge is -2.51. The topological polar surface area (TPSA) is 61.6 Å². The van der Waals surface area contributed by atoms with Gasteiger partial charge in [-0.2, -0.15) is 0 Å². The van der Waals surface area contributed by atoms with E-state index in [1.165, 1.54) is 24.0 Å². The van der Waals surface area contributed by atoms with Crippen LogP contribution < -0.4 is 0 Å². The maximum absolute atomic E-state index is 6.42. The molecule has 1 aromatic carbocycles. The van der Waals surface area contributed by atoms with Crippen molar-refractivity contribution >= 4 is 11.4 Å². The van der Waals surface area contributed by atoms with E-state index in [0.717, 1.165) is 86.9 Å². The van der Waals surface area contributed by atoms with E-state index in [9.17, 15) is 0 Å². The normalized spacial score (nSPS) is 60.7. The fourth-order valence-corrected chi connectivity index (χ4v) is 15.5. The number of hydrogen-bond donors (Lipinski definition) is 0. The minimum absolute atomic E-state index is 0.231. The Kier molecular flexibility index (Phi) is 3.35. The SMILES string of the molecule is c1cc(CN=C2C3C4CC5C6C4C2C6C2(OCCO2)C53)ccc1CN=C1C2C3CC4C5C3C1C5C1(OCCO1)C42. The molecule has 2 saturated heterocycles. The minimum atomic E-state index is -0.231. The molecule has 2 heterocycles. The number of aliphatic imine (C=N–C) groups is 2. The molecule has 13 rings (SSSR count). The van der Waals surface area contributed by atoms with Gasteiger partial charge in [-0.05, 0) is 71.3 Å². The molecule has 0 N–H and O–H groups in total. The third-order valence-electron chi connectivity index (χ3n) is 15.6. The van der Waals surface area contributed by atoms with E-state index >= 15 is 0 Å². The highest BCUT2D eigenvalue weighted by molar-refractivity contribution is 5.97. The highest BCUT2D eigenvalue weighted by Gasteiger charge is 2.89. The van der Waals surface area contributed by atoms with Crippen LogP contribution in [0, 0.1) is 94.7 Å². The van der Waals surface area contributed by atoms with Crippen molar-refractivity contribution in [3.63, 3.8) is 0 Å². The number of rotatable bonds is 4. The van der Waals surface area contributed by atoms with E-state index in [1.54, 1.807) is 11.4 Å². The van der Waals surface area contributed by atoms with Crippen LogP contribution in [0.5, 0.6) is 0 Å². The van der Waals surface area contributed by atoms with Crippen LogP contribution in [0.2, 0.25) is 0 Å². The summed E-state index contributed by atoms with van der Waals surface area (Å²) in [6.07, 6.45) is 2.82. The number of nitrogens with zero attached hydrogens (tertiary/aromatic N) is 2. The molecule has 0 amide bonds. The van der Waals surface area contributed by atoms with E-state index in [-0.39, 0.29) is 11.6 Å². The summed E-state index contributed by atoms with van der Waals surface area (Å²) in [7, 11) is 0. The van der Waals surface area contributed by atoms with Crippen molar-refractivity contribution in [2.45, 2.75) is 37.5 Å². The van der Waals surface area contributed by atoms with Crippen molar-refractivity contribution in [3.8, 4) is 0 Å². The smallest absolute Gasteiger partial charge is 0.175 e. The molecule has 10 saturated carbocycles. The van der Waals surface area contributed by atoms with Crippen LogP contribution in [0.4, 0.5) is 0 Å². The van der Waals surface area contributed by atoms with Gasteiger partial charge in [0.2, 0.25) is 0 Å². The molecule has 12 fully saturated rings. The number of hydrogen-bond acceptors (Lipinski definition) is 6. The molecule has 0 radical (unpaired) electrons. The van der Waals surface area contributed by atoms with E-state index < -0.39 is 0 Å². The Labute approximate surface area is 234 Å². The summed E-state index contributed by atoms with van der Waals surface area (Å²) in [6, 6.07) is 9.24. The molecule has 16 unspecified atom stereocenters. The lowest BCUT2D eigenvalue weighted by atomic mass is 9.58. The lowest BCUT2D eigenvalue weighted by Crippen LogP contribution is -2.58. The Morgan fingerprint density at radius 3 is 1.38 bits per heavy atom. The van der Waals surface area contributed by atoms with Gasteiger partial charge in [0.1, 0.15) is 0 Å². The number of fused-ring (bicyclic) bond motifs is 8.